The topological polar surface area (TPSA) is 29.5 Å². The predicted octanol–water partition coefficient (Wildman–Crippen LogP) is 5.32. The van der Waals surface area contributed by atoms with Gasteiger partial charge in [-0.15, -0.1) is 11.3 Å². The highest BCUT2D eigenvalue weighted by Crippen LogP contribution is 2.37. The summed E-state index contributed by atoms with van der Waals surface area (Å²) >= 11 is 5.15. The maximum atomic E-state index is 10.8. The third kappa shape index (κ3) is 2.78. The minimum atomic E-state index is -0.616. The number of methoxy groups -OCH3 is 1. The van der Waals surface area contributed by atoms with Crippen molar-refractivity contribution in [3.8, 4) is 5.75 Å². The molecular formula is C18H17BrO2S. The van der Waals surface area contributed by atoms with E-state index < -0.39 is 6.10 Å². The van der Waals surface area contributed by atoms with Gasteiger partial charge in [0.25, 0.3) is 0 Å². The zero-order valence-corrected chi connectivity index (χ0v) is 14.9. The van der Waals surface area contributed by atoms with Gasteiger partial charge in [0.2, 0.25) is 0 Å². The van der Waals surface area contributed by atoms with Crippen LogP contribution in [-0.2, 0) is 6.42 Å². The summed E-state index contributed by atoms with van der Waals surface area (Å²) in [6.45, 7) is 2.09. The van der Waals surface area contributed by atoms with Crippen molar-refractivity contribution >= 4 is 37.4 Å². The summed E-state index contributed by atoms with van der Waals surface area (Å²) in [5.74, 6) is 0.796. The molecule has 0 fully saturated rings. The summed E-state index contributed by atoms with van der Waals surface area (Å²) in [5.41, 5.74) is 2.03. The van der Waals surface area contributed by atoms with Crippen LogP contribution in [0.2, 0.25) is 0 Å². The van der Waals surface area contributed by atoms with Crippen LogP contribution in [0.1, 0.15) is 29.0 Å². The summed E-state index contributed by atoms with van der Waals surface area (Å²) in [5, 5.41) is 12.0. The maximum Gasteiger partial charge on any atom is 0.133 e. The van der Waals surface area contributed by atoms with E-state index in [1.165, 1.54) is 10.1 Å². The Morgan fingerprint density at radius 1 is 1.23 bits per heavy atom. The molecule has 2 aromatic carbocycles. The quantitative estimate of drug-likeness (QED) is 0.667. The molecule has 1 atom stereocenters. The number of hydrogen-bond acceptors (Lipinski definition) is 3. The van der Waals surface area contributed by atoms with Crippen molar-refractivity contribution in [1.82, 2.24) is 0 Å². The van der Waals surface area contributed by atoms with Gasteiger partial charge in [0, 0.05) is 9.58 Å². The van der Waals surface area contributed by atoms with Crippen molar-refractivity contribution in [2.75, 3.05) is 7.11 Å². The first-order valence-electron chi connectivity index (χ1n) is 7.17. The molecule has 1 N–H and O–H groups in total. The van der Waals surface area contributed by atoms with E-state index in [0.29, 0.717) is 0 Å². The van der Waals surface area contributed by atoms with Crippen LogP contribution in [-0.4, -0.2) is 12.2 Å². The van der Waals surface area contributed by atoms with Crippen LogP contribution in [0.3, 0.4) is 0 Å². The van der Waals surface area contributed by atoms with Crippen molar-refractivity contribution in [3.63, 3.8) is 0 Å². The molecule has 22 heavy (non-hydrogen) atoms. The molecule has 2 nitrogen and oxygen atoms in total. The molecule has 0 radical (unpaired) electrons. The molecule has 1 heterocycles. The number of aryl methyl sites for hydroxylation is 1. The van der Waals surface area contributed by atoms with Gasteiger partial charge in [-0.1, -0.05) is 25.1 Å². The number of aliphatic hydroxyl groups excluding tert-OH is 1. The zero-order chi connectivity index (χ0) is 15.7. The second-order valence-corrected chi connectivity index (χ2v) is 7.10. The number of fused-ring (bicyclic) bond motifs is 1. The largest absolute Gasteiger partial charge is 0.496 e. The van der Waals surface area contributed by atoms with Gasteiger partial charge in [0.15, 0.2) is 0 Å². The zero-order valence-electron chi connectivity index (χ0n) is 12.5. The first-order chi connectivity index (χ1) is 10.6. The van der Waals surface area contributed by atoms with Gasteiger partial charge in [-0.05, 0) is 63.1 Å². The lowest BCUT2D eigenvalue weighted by Gasteiger charge is -2.16. The first kappa shape index (κ1) is 15.5. The first-order valence-corrected chi connectivity index (χ1v) is 8.77. The maximum absolute atomic E-state index is 10.8. The Hall–Kier alpha value is -1.36. The Bertz CT molecular complexity index is 777. The van der Waals surface area contributed by atoms with E-state index in [0.717, 1.165) is 32.6 Å². The van der Waals surface area contributed by atoms with Crippen molar-refractivity contribution in [1.29, 1.82) is 0 Å². The van der Waals surface area contributed by atoms with Crippen molar-refractivity contribution in [2.24, 2.45) is 0 Å². The molecule has 0 saturated heterocycles. The Morgan fingerprint density at radius 2 is 2.00 bits per heavy atom. The average molecular weight is 377 g/mol. The minimum absolute atomic E-state index is 0.616. The van der Waals surface area contributed by atoms with Gasteiger partial charge in [-0.3, -0.25) is 0 Å². The molecule has 114 valence electrons. The summed E-state index contributed by atoms with van der Waals surface area (Å²) in [6.07, 6.45) is 0.232. The normalized spacial score (nSPS) is 12.5. The molecule has 0 aliphatic rings. The molecule has 4 heteroatoms. The van der Waals surface area contributed by atoms with E-state index in [1.54, 1.807) is 18.4 Å². The van der Waals surface area contributed by atoms with E-state index >= 15 is 0 Å². The second kappa shape index (κ2) is 6.41. The van der Waals surface area contributed by atoms with Crippen LogP contribution < -0.4 is 4.74 Å². The van der Waals surface area contributed by atoms with E-state index in [4.69, 9.17) is 4.74 Å². The van der Waals surface area contributed by atoms with Gasteiger partial charge >= 0.3 is 0 Å². The third-order valence-electron chi connectivity index (χ3n) is 3.80. The number of benzene rings is 2. The highest BCUT2D eigenvalue weighted by molar-refractivity contribution is 9.10. The van der Waals surface area contributed by atoms with Gasteiger partial charge in [-0.2, -0.15) is 0 Å². The van der Waals surface area contributed by atoms with Crippen LogP contribution in [0.4, 0.5) is 0 Å². The molecule has 0 spiro atoms. The Morgan fingerprint density at radius 3 is 2.68 bits per heavy atom. The Kier molecular flexibility index (Phi) is 4.52. The van der Waals surface area contributed by atoms with E-state index in [1.807, 2.05) is 24.3 Å². The molecule has 1 aromatic heterocycles. The fourth-order valence-electron chi connectivity index (χ4n) is 2.62. The summed E-state index contributed by atoms with van der Waals surface area (Å²) in [4.78, 5) is 0.966. The van der Waals surface area contributed by atoms with Gasteiger partial charge < -0.3 is 9.84 Å². The van der Waals surface area contributed by atoms with Crippen LogP contribution in [0.25, 0.3) is 10.1 Å². The lowest BCUT2D eigenvalue weighted by molar-refractivity contribution is 0.223. The highest BCUT2D eigenvalue weighted by Gasteiger charge is 2.18. The smallest absolute Gasteiger partial charge is 0.133 e. The highest BCUT2D eigenvalue weighted by atomic mass is 79.9. The van der Waals surface area contributed by atoms with Crippen molar-refractivity contribution in [3.05, 3.63) is 62.9 Å². The molecule has 0 saturated carbocycles. The second-order valence-electron chi connectivity index (χ2n) is 5.13. The van der Waals surface area contributed by atoms with E-state index in [-0.39, 0.29) is 0 Å². The lowest BCUT2D eigenvalue weighted by Crippen LogP contribution is -2.03. The molecule has 0 aliphatic heterocycles. The molecular weight excluding hydrogens is 360 g/mol. The van der Waals surface area contributed by atoms with Crippen LogP contribution in [0.15, 0.2) is 46.9 Å². The van der Waals surface area contributed by atoms with E-state index in [9.17, 15) is 5.11 Å². The molecule has 0 bridgehead atoms. The number of hydrogen-bond donors (Lipinski definition) is 1. The fourth-order valence-corrected chi connectivity index (χ4v) is 4.21. The average Bonchev–Trinajstić information content (AvgIpc) is 2.98. The van der Waals surface area contributed by atoms with Crippen LogP contribution in [0.5, 0.6) is 5.75 Å². The monoisotopic (exact) mass is 376 g/mol. The van der Waals surface area contributed by atoms with Crippen molar-refractivity contribution < 1.29 is 9.84 Å². The van der Waals surface area contributed by atoms with Gasteiger partial charge in [0.05, 0.1) is 11.6 Å². The predicted molar refractivity (Wildman–Crippen MR) is 96.0 cm³/mol. The van der Waals surface area contributed by atoms with Crippen molar-refractivity contribution in [2.45, 2.75) is 19.4 Å². The molecule has 0 amide bonds. The van der Waals surface area contributed by atoms with Gasteiger partial charge in [-0.25, -0.2) is 0 Å². The molecule has 3 aromatic rings. The number of halogens is 1. The summed E-state index contributed by atoms with van der Waals surface area (Å²) in [6, 6.07) is 14.2. The molecule has 1 unspecified atom stereocenters. The Labute approximate surface area is 142 Å². The molecule has 0 aliphatic carbocycles. The van der Waals surface area contributed by atoms with Crippen LogP contribution >= 0.6 is 27.3 Å². The lowest BCUT2D eigenvalue weighted by atomic mass is 9.99. The van der Waals surface area contributed by atoms with Crippen LogP contribution in [0, 0.1) is 0 Å². The SMILES string of the molecule is CCc1cc(OC)c(Br)cc1C(O)c1cc2ccccc2s1. The van der Waals surface area contributed by atoms with E-state index in [2.05, 4.69) is 41.1 Å². The molecule has 3 rings (SSSR count). The number of aliphatic hydroxyl groups is 1. The number of thiophene rings is 1. The Balaban J connectivity index is 2.07. The standard InChI is InChI=1S/C18H17BrO2S/c1-3-11-8-15(21-2)14(19)10-13(11)18(20)17-9-12-6-4-5-7-16(12)22-17/h4-10,18,20H,3H2,1-2H3. The third-order valence-corrected chi connectivity index (χ3v) is 5.59. The van der Waals surface area contributed by atoms with Gasteiger partial charge in [0.1, 0.15) is 11.9 Å². The minimum Gasteiger partial charge on any atom is -0.496 e. The summed E-state index contributed by atoms with van der Waals surface area (Å²) in [7, 11) is 1.65. The number of ether oxygens (including phenoxy) is 1. The fraction of sp³-hybridized carbons (Fsp3) is 0.222. The number of rotatable bonds is 4. The summed E-state index contributed by atoms with van der Waals surface area (Å²) < 4.78 is 7.41.